The highest BCUT2D eigenvalue weighted by atomic mass is 32.2. The molecule has 2 unspecified atom stereocenters. The number of carboxylic acids is 2. The van der Waals surface area contributed by atoms with E-state index in [4.69, 9.17) is 0 Å². The summed E-state index contributed by atoms with van der Waals surface area (Å²) in [6, 6.07) is 0. The smallest absolute Gasteiger partial charge is 0.120 e. The number of carboxylic acid groups (broad SMARTS) is 2. The van der Waals surface area contributed by atoms with Crippen LogP contribution < -0.4 is 24.9 Å². The molecule has 0 aromatic heterocycles. The predicted molar refractivity (Wildman–Crippen MR) is 109 cm³/mol. The molecule has 11 heteroatoms. The Morgan fingerprint density at radius 1 is 0.833 bits per heavy atom. The van der Waals surface area contributed by atoms with E-state index in [0.29, 0.717) is 0 Å². The van der Waals surface area contributed by atoms with Gasteiger partial charge in [0.05, 0.1) is 69.4 Å². The first-order chi connectivity index (χ1) is 13.1. The fraction of sp³-hybridized carbons (Fsp3) is 0.789. The van der Waals surface area contributed by atoms with Crippen molar-refractivity contribution in [2.75, 3.05) is 63.4 Å². The molecule has 0 heterocycles. The van der Waals surface area contributed by atoms with Crippen LogP contribution in [0.2, 0.25) is 0 Å². The van der Waals surface area contributed by atoms with Crippen LogP contribution in [0.4, 0.5) is 0 Å². The van der Waals surface area contributed by atoms with Crippen molar-refractivity contribution in [2.24, 2.45) is 10.8 Å². The molecule has 0 amide bonds. The standard InChI is InChI=1S/C10H14O7S.3C3H9N/c1-9(7(11)12)3-6(18(15,16)17)4-10(2,5-9)8(13)14;3*1-4(2)3/h3H,4-5H2,1-2H3,(H,11,12)(H,13,14)(H,15,16,17);3*1-3H3. The highest BCUT2D eigenvalue weighted by Gasteiger charge is 2.42. The van der Waals surface area contributed by atoms with Crippen LogP contribution in [0.25, 0.3) is 0 Å². The summed E-state index contributed by atoms with van der Waals surface area (Å²) in [6.07, 6.45) is -0.219. The average Bonchev–Trinajstić information content (AvgIpc) is 2.43. The van der Waals surface area contributed by atoms with Crippen molar-refractivity contribution in [3.63, 3.8) is 0 Å². The minimum Gasteiger partial charge on any atom is -0.744 e. The number of nitrogens with one attached hydrogen (secondary N) is 3. The van der Waals surface area contributed by atoms with Crippen molar-refractivity contribution in [1.29, 1.82) is 0 Å². The lowest BCUT2D eigenvalue weighted by Gasteiger charge is -2.44. The number of aliphatic carboxylic acids is 2. The van der Waals surface area contributed by atoms with Crippen molar-refractivity contribution in [3.05, 3.63) is 11.0 Å². The van der Waals surface area contributed by atoms with Crippen molar-refractivity contribution < 1.29 is 47.5 Å². The van der Waals surface area contributed by atoms with E-state index in [9.17, 15) is 32.8 Å². The van der Waals surface area contributed by atoms with Crippen LogP contribution >= 0.6 is 0 Å². The molecule has 3 N–H and O–H groups in total. The van der Waals surface area contributed by atoms with Gasteiger partial charge >= 0.3 is 0 Å². The first-order valence-corrected chi connectivity index (χ1v) is 10.9. The maximum atomic E-state index is 11.0. The molecule has 0 bridgehead atoms. The van der Waals surface area contributed by atoms with Gasteiger partial charge in [-0.15, -0.1) is 0 Å². The Hall–Kier alpha value is -1.53. The summed E-state index contributed by atoms with van der Waals surface area (Å²) in [7, 11) is 13.8. The van der Waals surface area contributed by atoms with E-state index < -0.39 is 50.6 Å². The SMILES string of the molecule is CC1(C(=O)[O-])C=C(S(=O)(=O)[O-])CC(C)(C(=O)[O-])C1.C[NH+](C)C.C[NH+](C)C.C[NH+](C)C. The molecule has 2 atom stereocenters. The zero-order valence-electron chi connectivity index (χ0n) is 20.3. The summed E-state index contributed by atoms with van der Waals surface area (Å²) >= 11 is 0. The van der Waals surface area contributed by atoms with E-state index in [1.54, 1.807) is 0 Å². The Kier molecular flexibility index (Phi) is 15.1. The summed E-state index contributed by atoms with van der Waals surface area (Å²) < 4.78 is 32.9. The Labute approximate surface area is 181 Å². The highest BCUT2D eigenvalue weighted by Crippen LogP contribution is 2.45. The fourth-order valence-electron chi connectivity index (χ4n) is 2.15. The molecule has 1 rings (SSSR count). The molecular weight excluding hydrogens is 414 g/mol. The third-order valence-corrected chi connectivity index (χ3v) is 3.99. The van der Waals surface area contributed by atoms with Gasteiger partial charge in [-0.3, -0.25) is 0 Å². The molecule has 0 saturated carbocycles. The van der Waals surface area contributed by atoms with Crippen LogP contribution in [0, 0.1) is 10.8 Å². The Morgan fingerprint density at radius 2 is 1.13 bits per heavy atom. The molecule has 1 aliphatic carbocycles. The lowest BCUT2D eigenvalue weighted by molar-refractivity contribution is -0.836. The van der Waals surface area contributed by atoms with Gasteiger partial charge in [0.2, 0.25) is 0 Å². The molecule has 10 nitrogen and oxygen atoms in total. The first-order valence-electron chi connectivity index (χ1n) is 9.51. The third-order valence-electron chi connectivity index (χ3n) is 3.08. The number of quaternary nitrogens is 3. The van der Waals surface area contributed by atoms with E-state index in [0.717, 1.165) is 19.9 Å². The van der Waals surface area contributed by atoms with Crippen molar-refractivity contribution >= 4 is 22.1 Å². The number of hydrogen-bond acceptors (Lipinski definition) is 7. The van der Waals surface area contributed by atoms with Crippen LogP contribution in [-0.4, -0.2) is 88.3 Å². The lowest BCUT2D eigenvalue weighted by Crippen LogP contribution is -3.02. The predicted octanol–water partition coefficient (Wildman–Crippen LogP) is -6.00. The Morgan fingerprint density at radius 3 is 1.33 bits per heavy atom. The minimum atomic E-state index is -4.91. The molecule has 0 fully saturated rings. The molecular formula is C19H41N3O7S. The van der Waals surface area contributed by atoms with Gasteiger partial charge in [0.1, 0.15) is 10.1 Å². The molecule has 0 saturated heterocycles. The van der Waals surface area contributed by atoms with Gasteiger partial charge in [0, 0.05) is 21.7 Å². The van der Waals surface area contributed by atoms with Gasteiger partial charge < -0.3 is 39.1 Å². The van der Waals surface area contributed by atoms with E-state index >= 15 is 0 Å². The Balaban J connectivity index is -0.000000498. The summed E-state index contributed by atoms with van der Waals surface area (Å²) in [5, 5.41) is 22.0. The van der Waals surface area contributed by atoms with Crippen molar-refractivity contribution in [2.45, 2.75) is 26.7 Å². The number of rotatable bonds is 3. The summed E-state index contributed by atoms with van der Waals surface area (Å²) in [4.78, 5) is 25.5. The molecule has 0 aromatic rings. The molecule has 0 aliphatic heterocycles. The van der Waals surface area contributed by atoms with Gasteiger partial charge in [-0.25, -0.2) is 8.42 Å². The zero-order valence-corrected chi connectivity index (χ0v) is 21.1. The van der Waals surface area contributed by atoms with Crippen LogP contribution in [0.3, 0.4) is 0 Å². The number of carbonyl (C=O) groups is 2. The maximum Gasteiger partial charge on any atom is 0.120 e. The van der Waals surface area contributed by atoms with Gasteiger partial charge in [-0.1, -0.05) is 19.9 Å². The molecule has 180 valence electrons. The first kappa shape index (κ1) is 33.1. The average molecular weight is 456 g/mol. The quantitative estimate of drug-likeness (QED) is 0.358. The lowest BCUT2D eigenvalue weighted by atomic mass is 9.67. The summed E-state index contributed by atoms with van der Waals surface area (Å²) in [5.41, 5.74) is -3.57. The second kappa shape index (κ2) is 13.7. The van der Waals surface area contributed by atoms with E-state index in [-0.39, 0.29) is 0 Å². The van der Waals surface area contributed by atoms with E-state index in [1.165, 1.54) is 14.7 Å². The van der Waals surface area contributed by atoms with Crippen LogP contribution in [0.15, 0.2) is 11.0 Å². The van der Waals surface area contributed by atoms with Crippen LogP contribution in [0.1, 0.15) is 26.7 Å². The molecule has 1 aliphatic rings. The van der Waals surface area contributed by atoms with Gasteiger partial charge in [-0.2, -0.15) is 0 Å². The van der Waals surface area contributed by atoms with Crippen LogP contribution in [0.5, 0.6) is 0 Å². The topological polar surface area (TPSA) is 151 Å². The normalized spacial score (nSPS) is 23.2. The van der Waals surface area contributed by atoms with E-state index in [2.05, 4.69) is 63.4 Å². The molecule has 0 radical (unpaired) electrons. The number of hydrogen-bond donors (Lipinski definition) is 3. The summed E-state index contributed by atoms with van der Waals surface area (Å²) in [5.74, 6) is -3.25. The van der Waals surface area contributed by atoms with E-state index in [1.807, 2.05) is 0 Å². The Bertz CT molecular complexity index is 653. The minimum absolute atomic E-state index is 0.399. The van der Waals surface area contributed by atoms with Crippen molar-refractivity contribution in [3.8, 4) is 0 Å². The van der Waals surface area contributed by atoms with Gasteiger partial charge in [-0.05, 0) is 12.8 Å². The maximum absolute atomic E-state index is 11.0. The second-order valence-corrected chi connectivity index (χ2v) is 10.9. The molecule has 0 aromatic carbocycles. The number of allylic oxidation sites excluding steroid dienone is 1. The van der Waals surface area contributed by atoms with Gasteiger partial charge in [0.25, 0.3) is 0 Å². The highest BCUT2D eigenvalue weighted by molar-refractivity contribution is 7.89. The van der Waals surface area contributed by atoms with Crippen LogP contribution in [-0.2, 0) is 19.7 Å². The monoisotopic (exact) mass is 455 g/mol. The molecule has 30 heavy (non-hydrogen) atoms. The third kappa shape index (κ3) is 16.3. The fourth-order valence-corrected chi connectivity index (χ4v) is 3.05. The number of carbonyl (C=O) groups excluding carboxylic acids is 2. The zero-order chi connectivity index (χ0) is 25.1. The molecule has 0 spiro atoms. The largest absolute Gasteiger partial charge is 0.744 e. The van der Waals surface area contributed by atoms with Gasteiger partial charge in [0.15, 0.2) is 0 Å². The second-order valence-electron chi connectivity index (χ2n) is 9.47. The summed E-state index contributed by atoms with van der Waals surface area (Å²) in [6.45, 7) is 2.25. The van der Waals surface area contributed by atoms with Crippen molar-refractivity contribution in [1.82, 2.24) is 0 Å².